The zero-order chi connectivity index (χ0) is 29.6. The highest BCUT2D eigenvalue weighted by Gasteiger charge is 2.33. The van der Waals surface area contributed by atoms with Gasteiger partial charge in [-0.15, -0.1) is 0 Å². The zero-order valence-electron chi connectivity index (χ0n) is 23.7. The number of esters is 1. The van der Waals surface area contributed by atoms with E-state index in [1.165, 1.54) is 11.3 Å². The van der Waals surface area contributed by atoms with Crippen molar-refractivity contribution in [1.82, 2.24) is 9.13 Å². The topological polar surface area (TPSA) is 68.8 Å². The summed E-state index contributed by atoms with van der Waals surface area (Å²) in [6.07, 6.45) is 1.88. The molecule has 0 spiro atoms. The van der Waals surface area contributed by atoms with Gasteiger partial charge in [-0.1, -0.05) is 46.7 Å². The molecular formula is C31H30Cl2N4O3S. The minimum atomic E-state index is -0.660. The molecule has 7 nitrogen and oxygen atoms in total. The smallest absolute Gasteiger partial charge is 0.338 e. The van der Waals surface area contributed by atoms with Crippen molar-refractivity contribution in [2.75, 3.05) is 25.6 Å². The number of carbonyl (C=O) groups is 1. The van der Waals surface area contributed by atoms with Gasteiger partial charge < -0.3 is 14.2 Å². The fourth-order valence-corrected chi connectivity index (χ4v) is 6.49. The standard InChI is InChI=1S/C31H30Cl2N4O3S/c1-7-40-30(39)27-18(3)34-31-37(28(27)20-8-10-22(11-9-20)35(5)6)29(38)26(41-31)15-21-14-17(2)36(19(21)4)23-12-13-24(32)25(33)16-23/h8-16,28H,7H2,1-6H3/b26-15-. The lowest BCUT2D eigenvalue weighted by Gasteiger charge is -2.25. The first-order chi connectivity index (χ1) is 19.5. The summed E-state index contributed by atoms with van der Waals surface area (Å²) in [6.45, 7) is 7.77. The molecule has 0 radical (unpaired) electrons. The molecule has 212 valence electrons. The molecule has 2 aromatic heterocycles. The average Bonchev–Trinajstić information content (AvgIpc) is 3.38. The van der Waals surface area contributed by atoms with Gasteiger partial charge in [-0.3, -0.25) is 9.36 Å². The number of carbonyl (C=O) groups excluding carboxylic acids is 1. The number of hydrogen-bond acceptors (Lipinski definition) is 6. The predicted octanol–water partition coefficient (Wildman–Crippen LogP) is 5.58. The van der Waals surface area contributed by atoms with Gasteiger partial charge in [0.1, 0.15) is 0 Å². The van der Waals surface area contributed by atoms with Crippen LogP contribution in [0.15, 0.2) is 69.6 Å². The summed E-state index contributed by atoms with van der Waals surface area (Å²) in [5.41, 5.74) is 6.21. The van der Waals surface area contributed by atoms with Crippen LogP contribution in [-0.2, 0) is 9.53 Å². The molecule has 3 heterocycles. The largest absolute Gasteiger partial charge is 0.463 e. The van der Waals surface area contributed by atoms with Gasteiger partial charge in [-0.25, -0.2) is 9.79 Å². The molecule has 41 heavy (non-hydrogen) atoms. The maximum absolute atomic E-state index is 14.0. The Morgan fingerprint density at radius 2 is 1.78 bits per heavy atom. The Kier molecular flexibility index (Phi) is 8.01. The van der Waals surface area contributed by atoms with Gasteiger partial charge in [-0.2, -0.15) is 0 Å². The van der Waals surface area contributed by atoms with E-state index in [1.807, 2.05) is 81.4 Å². The Balaban J connectivity index is 1.68. The van der Waals surface area contributed by atoms with E-state index in [4.69, 9.17) is 27.9 Å². The Bertz CT molecular complexity index is 1880. The van der Waals surface area contributed by atoms with E-state index in [1.54, 1.807) is 24.5 Å². The maximum atomic E-state index is 14.0. The van der Waals surface area contributed by atoms with Gasteiger partial charge in [0.2, 0.25) is 0 Å². The summed E-state index contributed by atoms with van der Waals surface area (Å²) >= 11 is 13.7. The second-order valence-corrected chi connectivity index (χ2v) is 11.9. The number of halogens is 2. The summed E-state index contributed by atoms with van der Waals surface area (Å²) in [5, 5.41) is 0.959. The molecule has 2 aromatic carbocycles. The molecule has 1 aliphatic heterocycles. The lowest BCUT2D eigenvalue weighted by atomic mass is 9.95. The van der Waals surface area contributed by atoms with E-state index in [0.717, 1.165) is 33.9 Å². The first-order valence-electron chi connectivity index (χ1n) is 13.1. The molecule has 10 heteroatoms. The van der Waals surface area contributed by atoms with Crippen LogP contribution in [0.2, 0.25) is 10.0 Å². The number of hydrogen-bond donors (Lipinski definition) is 0. The third-order valence-electron chi connectivity index (χ3n) is 7.16. The van der Waals surface area contributed by atoms with Crippen molar-refractivity contribution in [2.24, 2.45) is 4.99 Å². The second-order valence-electron chi connectivity index (χ2n) is 10.0. The van der Waals surface area contributed by atoms with Crippen LogP contribution in [0.3, 0.4) is 0 Å². The van der Waals surface area contributed by atoms with Crippen LogP contribution in [0.1, 0.15) is 42.4 Å². The summed E-state index contributed by atoms with van der Waals surface area (Å²) in [6, 6.07) is 14.7. The SMILES string of the molecule is CCOC(=O)C1=C(C)N=c2s/c(=C\c3cc(C)n(-c4ccc(Cl)c(Cl)c4)c3C)c(=O)n2C1c1ccc(N(C)C)cc1. The minimum absolute atomic E-state index is 0.218. The number of aromatic nitrogens is 2. The van der Waals surface area contributed by atoms with Crippen LogP contribution in [0.4, 0.5) is 5.69 Å². The molecule has 0 fully saturated rings. The third-order valence-corrected chi connectivity index (χ3v) is 8.88. The Hall–Kier alpha value is -3.59. The van der Waals surface area contributed by atoms with Crippen molar-refractivity contribution in [2.45, 2.75) is 33.7 Å². The molecule has 1 unspecified atom stereocenters. The van der Waals surface area contributed by atoms with Gasteiger partial charge in [0, 0.05) is 36.9 Å². The van der Waals surface area contributed by atoms with E-state index in [9.17, 15) is 9.59 Å². The highest BCUT2D eigenvalue weighted by molar-refractivity contribution is 7.07. The Morgan fingerprint density at radius 1 is 1.07 bits per heavy atom. The number of allylic oxidation sites excluding steroid dienone is 1. The number of fused-ring (bicyclic) bond motifs is 1. The average molecular weight is 610 g/mol. The summed E-state index contributed by atoms with van der Waals surface area (Å²) in [4.78, 5) is 34.4. The molecular weight excluding hydrogens is 579 g/mol. The molecule has 0 aliphatic carbocycles. The fraction of sp³-hybridized carbons (Fsp3) is 0.258. The molecule has 0 saturated carbocycles. The van der Waals surface area contributed by atoms with Crippen molar-refractivity contribution in [1.29, 1.82) is 0 Å². The van der Waals surface area contributed by atoms with Crippen LogP contribution in [0, 0.1) is 13.8 Å². The van der Waals surface area contributed by atoms with Crippen LogP contribution >= 0.6 is 34.5 Å². The molecule has 5 rings (SSSR count). The lowest BCUT2D eigenvalue weighted by molar-refractivity contribution is -0.139. The van der Waals surface area contributed by atoms with E-state index in [0.29, 0.717) is 30.6 Å². The predicted molar refractivity (Wildman–Crippen MR) is 166 cm³/mol. The van der Waals surface area contributed by atoms with Crippen molar-refractivity contribution in [3.05, 3.63) is 112 Å². The molecule has 0 N–H and O–H groups in total. The van der Waals surface area contributed by atoms with Gasteiger partial charge in [-0.05, 0) is 81.3 Å². The summed E-state index contributed by atoms with van der Waals surface area (Å²) in [5.74, 6) is -0.477. The van der Waals surface area contributed by atoms with Crippen molar-refractivity contribution in [3.8, 4) is 5.69 Å². The number of benzene rings is 2. The molecule has 1 atom stereocenters. The monoisotopic (exact) mass is 608 g/mol. The fourth-order valence-electron chi connectivity index (χ4n) is 5.16. The van der Waals surface area contributed by atoms with Gasteiger partial charge in [0.15, 0.2) is 4.80 Å². The second kappa shape index (κ2) is 11.4. The molecule has 0 amide bonds. The van der Waals surface area contributed by atoms with Crippen LogP contribution in [0.25, 0.3) is 11.8 Å². The number of anilines is 1. The lowest BCUT2D eigenvalue weighted by Crippen LogP contribution is -2.40. The zero-order valence-corrected chi connectivity index (χ0v) is 26.0. The number of ether oxygens (including phenoxy) is 1. The van der Waals surface area contributed by atoms with Crippen molar-refractivity contribution < 1.29 is 9.53 Å². The maximum Gasteiger partial charge on any atom is 0.338 e. The van der Waals surface area contributed by atoms with Gasteiger partial charge in [0.05, 0.1) is 38.5 Å². The van der Waals surface area contributed by atoms with Crippen molar-refractivity contribution >= 4 is 52.3 Å². The summed E-state index contributed by atoms with van der Waals surface area (Å²) in [7, 11) is 3.93. The molecule has 0 saturated heterocycles. The van der Waals surface area contributed by atoms with E-state index in [-0.39, 0.29) is 12.2 Å². The van der Waals surface area contributed by atoms with Gasteiger partial charge >= 0.3 is 5.97 Å². The highest BCUT2D eigenvalue weighted by atomic mass is 35.5. The first-order valence-corrected chi connectivity index (χ1v) is 14.7. The number of nitrogens with zero attached hydrogens (tertiary/aromatic N) is 4. The number of aryl methyl sites for hydroxylation is 1. The molecule has 1 aliphatic rings. The van der Waals surface area contributed by atoms with Crippen LogP contribution in [-0.4, -0.2) is 35.8 Å². The van der Waals surface area contributed by atoms with Gasteiger partial charge in [0.25, 0.3) is 5.56 Å². The van der Waals surface area contributed by atoms with Crippen molar-refractivity contribution in [3.63, 3.8) is 0 Å². The van der Waals surface area contributed by atoms with E-state index >= 15 is 0 Å². The number of thiazole rings is 1. The normalized spacial score (nSPS) is 15.1. The van der Waals surface area contributed by atoms with Crippen LogP contribution < -0.4 is 19.8 Å². The quantitative estimate of drug-likeness (QED) is 0.268. The highest BCUT2D eigenvalue weighted by Crippen LogP contribution is 2.32. The molecule has 0 bridgehead atoms. The Morgan fingerprint density at radius 3 is 2.41 bits per heavy atom. The van der Waals surface area contributed by atoms with E-state index < -0.39 is 12.0 Å². The van der Waals surface area contributed by atoms with E-state index in [2.05, 4.69) is 9.56 Å². The minimum Gasteiger partial charge on any atom is -0.463 e. The number of rotatable bonds is 6. The third kappa shape index (κ3) is 5.27. The molecule has 4 aromatic rings. The first kappa shape index (κ1) is 28.9. The van der Waals surface area contributed by atoms with Crippen LogP contribution in [0.5, 0.6) is 0 Å². The Labute approximate surface area is 252 Å². The summed E-state index contributed by atoms with van der Waals surface area (Å²) < 4.78 is 9.61.